The SMILES string of the molecule is CC(CO)CCC[C@@H](COS(=O)(=O)O)[C@H]1CC[C@H]2[C@@H]3CC=C4C[C@H](O)[C@@H](OS(=O)(=O)O)C[C@]4(C)[C@H]3CC[C@]12C. The minimum absolute atomic E-state index is 0.0305. The van der Waals surface area contributed by atoms with Crippen LogP contribution in [0.3, 0.4) is 0 Å². The predicted molar refractivity (Wildman–Crippen MR) is 144 cm³/mol. The Balaban J connectivity index is 1.54. The monoisotopic (exact) mass is 594 g/mol. The van der Waals surface area contributed by atoms with Crippen molar-refractivity contribution in [2.45, 2.75) is 97.2 Å². The van der Waals surface area contributed by atoms with E-state index < -0.39 is 33.0 Å². The maximum Gasteiger partial charge on any atom is 0.397 e. The molecule has 10 nitrogen and oxygen atoms in total. The van der Waals surface area contributed by atoms with Crippen molar-refractivity contribution in [3.8, 4) is 0 Å². The van der Waals surface area contributed by atoms with Crippen LogP contribution < -0.4 is 0 Å². The Kier molecular flexibility index (Phi) is 9.31. The molecule has 0 bridgehead atoms. The number of hydrogen-bond acceptors (Lipinski definition) is 8. The van der Waals surface area contributed by atoms with Crippen molar-refractivity contribution in [1.82, 2.24) is 0 Å². The summed E-state index contributed by atoms with van der Waals surface area (Å²) >= 11 is 0. The summed E-state index contributed by atoms with van der Waals surface area (Å²) in [4.78, 5) is 0. The minimum Gasteiger partial charge on any atom is -0.396 e. The molecule has 10 atom stereocenters. The Morgan fingerprint density at radius 3 is 2.41 bits per heavy atom. The van der Waals surface area contributed by atoms with Crippen LogP contribution in [0.1, 0.15) is 85.0 Å². The molecule has 39 heavy (non-hydrogen) atoms. The summed E-state index contributed by atoms with van der Waals surface area (Å²) in [6.45, 7) is 6.50. The van der Waals surface area contributed by atoms with Crippen molar-refractivity contribution in [2.24, 2.45) is 46.3 Å². The highest BCUT2D eigenvalue weighted by atomic mass is 32.3. The van der Waals surface area contributed by atoms with Crippen LogP contribution in [0.5, 0.6) is 0 Å². The molecule has 0 heterocycles. The molecule has 4 N–H and O–H groups in total. The summed E-state index contributed by atoms with van der Waals surface area (Å²) in [5, 5.41) is 20.0. The Bertz CT molecular complexity index is 1120. The van der Waals surface area contributed by atoms with Gasteiger partial charge in [0, 0.05) is 6.61 Å². The molecular weight excluding hydrogens is 548 g/mol. The second kappa shape index (κ2) is 11.6. The Morgan fingerprint density at radius 2 is 1.77 bits per heavy atom. The van der Waals surface area contributed by atoms with Crippen LogP contribution in [0.15, 0.2) is 11.6 Å². The van der Waals surface area contributed by atoms with Gasteiger partial charge in [0.1, 0.15) is 6.10 Å². The van der Waals surface area contributed by atoms with Crippen molar-refractivity contribution >= 4 is 20.8 Å². The summed E-state index contributed by atoms with van der Waals surface area (Å²) in [5.74, 6) is 1.41. The second-order valence-electron chi connectivity index (χ2n) is 13.2. The number of fused-ring (bicyclic) bond motifs is 5. The Morgan fingerprint density at radius 1 is 1.05 bits per heavy atom. The van der Waals surface area contributed by atoms with E-state index in [1.807, 2.05) is 6.92 Å². The van der Waals surface area contributed by atoms with Gasteiger partial charge in [-0.25, -0.2) is 8.37 Å². The maximum atomic E-state index is 11.5. The minimum atomic E-state index is -4.69. The van der Waals surface area contributed by atoms with E-state index >= 15 is 0 Å². The zero-order valence-corrected chi connectivity index (χ0v) is 24.9. The van der Waals surface area contributed by atoms with Gasteiger partial charge in [0.05, 0.1) is 12.7 Å². The molecule has 0 aromatic carbocycles. The third kappa shape index (κ3) is 6.74. The normalized spacial score (nSPS) is 40.2. The smallest absolute Gasteiger partial charge is 0.396 e. The van der Waals surface area contributed by atoms with Crippen LogP contribution in [0.4, 0.5) is 0 Å². The first-order valence-electron chi connectivity index (χ1n) is 14.3. The quantitative estimate of drug-likeness (QED) is 0.203. The highest BCUT2D eigenvalue weighted by molar-refractivity contribution is 7.81. The first-order valence-corrected chi connectivity index (χ1v) is 17.1. The van der Waals surface area contributed by atoms with Crippen molar-refractivity contribution in [3.05, 3.63) is 11.6 Å². The fourth-order valence-corrected chi connectivity index (χ4v) is 9.99. The first-order chi connectivity index (χ1) is 18.1. The van der Waals surface area contributed by atoms with Crippen LogP contribution in [0.2, 0.25) is 0 Å². The first kappa shape index (κ1) is 31.3. The molecule has 12 heteroatoms. The number of aliphatic hydroxyl groups is 2. The molecule has 0 amide bonds. The summed E-state index contributed by atoms with van der Waals surface area (Å²) in [6.07, 6.45) is 8.01. The van der Waals surface area contributed by atoms with E-state index in [2.05, 4.69) is 19.9 Å². The van der Waals surface area contributed by atoms with Crippen molar-refractivity contribution in [3.63, 3.8) is 0 Å². The zero-order chi connectivity index (χ0) is 28.8. The van der Waals surface area contributed by atoms with Gasteiger partial charge in [0.15, 0.2) is 0 Å². The summed E-state index contributed by atoms with van der Waals surface area (Å²) < 4.78 is 74.2. The molecule has 1 unspecified atom stereocenters. The maximum absolute atomic E-state index is 11.5. The van der Waals surface area contributed by atoms with E-state index in [4.69, 9.17) is 8.37 Å². The molecule has 226 valence electrons. The molecule has 0 spiro atoms. The fourth-order valence-electron chi connectivity index (χ4n) is 9.13. The molecule has 3 saturated carbocycles. The van der Waals surface area contributed by atoms with E-state index in [1.54, 1.807) is 0 Å². The number of aliphatic hydroxyl groups excluding tert-OH is 2. The van der Waals surface area contributed by atoms with Gasteiger partial charge in [-0.05, 0) is 104 Å². The summed E-state index contributed by atoms with van der Waals surface area (Å²) in [6, 6.07) is 0. The average molecular weight is 595 g/mol. The molecule has 0 radical (unpaired) electrons. The van der Waals surface area contributed by atoms with E-state index in [-0.39, 0.29) is 47.7 Å². The molecule has 0 saturated heterocycles. The van der Waals surface area contributed by atoms with Gasteiger partial charge in [-0.2, -0.15) is 16.8 Å². The van der Waals surface area contributed by atoms with Crippen molar-refractivity contribution < 1.29 is 44.5 Å². The molecule has 0 aliphatic heterocycles. The van der Waals surface area contributed by atoms with E-state index in [9.17, 15) is 36.2 Å². The lowest BCUT2D eigenvalue weighted by molar-refractivity contribution is -0.0854. The third-order valence-electron chi connectivity index (χ3n) is 11.0. The molecule has 4 rings (SSSR count). The van der Waals surface area contributed by atoms with E-state index in [0.29, 0.717) is 24.7 Å². The van der Waals surface area contributed by atoms with Crippen LogP contribution in [0, 0.1) is 46.3 Å². The van der Waals surface area contributed by atoms with Gasteiger partial charge < -0.3 is 10.2 Å². The molecule has 4 aliphatic carbocycles. The molecule has 4 aliphatic rings. The second-order valence-corrected chi connectivity index (χ2v) is 15.4. The Labute approximate surface area is 233 Å². The largest absolute Gasteiger partial charge is 0.397 e. The van der Waals surface area contributed by atoms with Gasteiger partial charge in [-0.1, -0.05) is 38.8 Å². The zero-order valence-electron chi connectivity index (χ0n) is 23.2. The lowest BCUT2D eigenvalue weighted by atomic mass is 9.46. The van der Waals surface area contributed by atoms with Crippen LogP contribution in [-0.2, 0) is 29.2 Å². The van der Waals surface area contributed by atoms with Crippen molar-refractivity contribution in [1.29, 1.82) is 0 Å². The highest BCUT2D eigenvalue weighted by Crippen LogP contribution is 2.67. The topological polar surface area (TPSA) is 168 Å². The average Bonchev–Trinajstić information content (AvgIpc) is 3.17. The third-order valence-corrected chi connectivity index (χ3v) is 11.9. The van der Waals surface area contributed by atoms with Gasteiger partial charge in [0.25, 0.3) is 0 Å². The number of allylic oxidation sites excluding steroid dienone is 1. The van der Waals surface area contributed by atoms with Gasteiger partial charge in [-0.3, -0.25) is 9.11 Å². The lowest BCUT2D eigenvalue weighted by Crippen LogP contribution is -2.54. The van der Waals surface area contributed by atoms with Gasteiger partial charge in [-0.15, -0.1) is 0 Å². The van der Waals surface area contributed by atoms with Crippen LogP contribution in [-0.4, -0.2) is 61.6 Å². The molecule has 3 fully saturated rings. The summed E-state index contributed by atoms with van der Waals surface area (Å²) in [5.41, 5.74) is 0.768. The molecule has 0 aromatic heterocycles. The number of rotatable bonds is 11. The predicted octanol–water partition coefficient (Wildman–Crippen LogP) is 3.96. The van der Waals surface area contributed by atoms with Crippen LogP contribution in [0.25, 0.3) is 0 Å². The molecular formula is C27H46O10S2. The highest BCUT2D eigenvalue weighted by Gasteiger charge is 2.60. The fraction of sp³-hybridized carbons (Fsp3) is 0.926. The Hall–Kier alpha value is -0.600. The lowest BCUT2D eigenvalue weighted by Gasteiger charge is -2.59. The van der Waals surface area contributed by atoms with Gasteiger partial charge in [0.2, 0.25) is 0 Å². The van der Waals surface area contributed by atoms with Crippen molar-refractivity contribution in [2.75, 3.05) is 13.2 Å². The number of hydrogen-bond donors (Lipinski definition) is 4. The van der Waals surface area contributed by atoms with E-state index in [1.165, 1.54) is 0 Å². The standard InChI is InChI=1S/C27H46O10S2/c1-17(15-28)5-4-6-18(16-36-38(30,31)32)21-9-10-22-20-8-7-19-13-24(29)25(37-39(33,34)35)14-27(19,3)23(20)11-12-26(21,22)2/h7,17-18,20-25,28-29H,4-6,8-16H2,1-3H3,(H,30,31,32)(H,33,34,35)/t17?,18-,20-,21+,22-,23-,24-,25-,26+,27-/m0/s1. The summed E-state index contributed by atoms with van der Waals surface area (Å²) in [7, 11) is -9.24. The van der Waals surface area contributed by atoms with Crippen LogP contribution >= 0.6 is 0 Å². The van der Waals surface area contributed by atoms with E-state index in [0.717, 1.165) is 56.9 Å². The van der Waals surface area contributed by atoms with Gasteiger partial charge >= 0.3 is 20.8 Å². The molecule has 0 aromatic rings.